The average molecular weight is 206 g/mol. The van der Waals surface area contributed by atoms with Crippen LogP contribution in [0, 0.1) is 11.8 Å². The average Bonchev–Trinajstić information content (AvgIpc) is 2.61. The number of nitrogens with one attached hydrogen (secondary N) is 1. The third kappa shape index (κ3) is 2.29. The van der Waals surface area contributed by atoms with Crippen molar-refractivity contribution in [1.29, 1.82) is 0 Å². The number of hydrogen-bond acceptors (Lipinski definition) is 1. The van der Waals surface area contributed by atoms with E-state index < -0.39 is 0 Å². The Morgan fingerprint density at radius 1 is 1.80 bits per heavy atom. The van der Waals surface area contributed by atoms with E-state index in [9.17, 15) is 4.79 Å². The summed E-state index contributed by atoms with van der Waals surface area (Å²) >= 11 is 3.09. The van der Waals surface area contributed by atoms with E-state index in [4.69, 9.17) is 0 Å². The van der Waals surface area contributed by atoms with E-state index in [0.717, 1.165) is 18.4 Å². The van der Waals surface area contributed by atoms with Gasteiger partial charge in [-0.2, -0.15) is 0 Å². The maximum absolute atomic E-state index is 10.7. The second-order valence-corrected chi connectivity index (χ2v) is 3.47. The molecule has 0 bridgehead atoms. The van der Waals surface area contributed by atoms with Crippen molar-refractivity contribution in [2.75, 3.05) is 11.9 Å². The molecule has 1 aliphatic carbocycles. The summed E-state index contributed by atoms with van der Waals surface area (Å²) in [5.74, 6) is 1.68. The molecule has 0 aromatic rings. The van der Waals surface area contributed by atoms with Crippen LogP contribution in [0.3, 0.4) is 0 Å². The first-order valence-electron chi connectivity index (χ1n) is 3.56. The van der Waals surface area contributed by atoms with Crippen LogP contribution in [-0.2, 0) is 4.79 Å². The summed E-state index contributed by atoms with van der Waals surface area (Å²) in [6.07, 6.45) is 1.28. The van der Waals surface area contributed by atoms with E-state index >= 15 is 0 Å². The van der Waals surface area contributed by atoms with Crippen molar-refractivity contribution in [3.05, 3.63) is 0 Å². The highest BCUT2D eigenvalue weighted by Crippen LogP contribution is 2.36. The first-order chi connectivity index (χ1) is 4.74. The molecular weight excluding hydrogens is 194 g/mol. The van der Waals surface area contributed by atoms with Crippen LogP contribution in [0.2, 0.25) is 0 Å². The van der Waals surface area contributed by atoms with Gasteiger partial charge in [-0.3, -0.25) is 4.79 Å². The zero-order valence-corrected chi connectivity index (χ0v) is 7.65. The number of carbonyl (C=O) groups excluding carboxylic acids is 1. The second-order valence-electron chi connectivity index (χ2n) is 2.91. The molecule has 0 saturated heterocycles. The first-order valence-corrected chi connectivity index (χ1v) is 4.69. The van der Waals surface area contributed by atoms with Gasteiger partial charge in [0, 0.05) is 6.54 Å². The fourth-order valence-electron chi connectivity index (χ4n) is 0.976. The third-order valence-corrected chi connectivity index (χ3v) is 2.47. The highest BCUT2D eigenvalue weighted by atomic mass is 79.9. The van der Waals surface area contributed by atoms with Gasteiger partial charge in [0.2, 0.25) is 5.91 Å². The molecule has 0 heterocycles. The van der Waals surface area contributed by atoms with E-state index in [1.807, 2.05) is 0 Å². The van der Waals surface area contributed by atoms with Crippen molar-refractivity contribution in [3.8, 4) is 0 Å². The standard InChI is InChI=1S/C7H12BrNO/c1-5-2-6(5)4-9-7(10)3-8/h5-6H,2-4H2,1H3,(H,9,10). The fraction of sp³-hybridized carbons (Fsp3) is 0.857. The summed E-state index contributed by atoms with van der Waals surface area (Å²) in [5, 5.41) is 3.26. The predicted molar refractivity (Wildman–Crippen MR) is 44.1 cm³/mol. The van der Waals surface area contributed by atoms with E-state index in [1.165, 1.54) is 6.42 Å². The molecule has 0 aromatic carbocycles. The van der Waals surface area contributed by atoms with Crippen LogP contribution in [-0.4, -0.2) is 17.8 Å². The largest absolute Gasteiger partial charge is 0.355 e. The Bertz CT molecular complexity index is 138. The van der Waals surface area contributed by atoms with Gasteiger partial charge in [0.1, 0.15) is 0 Å². The molecule has 2 atom stereocenters. The van der Waals surface area contributed by atoms with Crippen LogP contribution in [0.25, 0.3) is 0 Å². The van der Waals surface area contributed by atoms with Crippen LogP contribution in [0.4, 0.5) is 0 Å². The zero-order valence-electron chi connectivity index (χ0n) is 6.06. The minimum atomic E-state index is 0.0964. The fourth-order valence-corrected chi connectivity index (χ4v) is 1.17. The smallest absolute Gasteiger partial charge is 0.230 e. The summed E-state index contributed by atoms with van der Waals surface area (Å²) in [6, 6.07) is 0. The lowest BCUT2D eigenvalue weighted by Gasteiger charge is -1.99. The van der Waals surface area contributed by atoms with Crippen molar-refractivity contribution in [3.63, 3.8) is 0 Å². The van der Waals surface area contributed by atoms with Gasteiger partial charge in [-0.15, -0.1) is 0 Å². The minimum Gasteiger partial charge on any atom is -0.355 e. The highest BCUT2D eigenvalue weighted by Gasteiger charge is 2.32. The van der Waals surface area contributed by atoms with Gasteiger partial charge in [-0.25, -0.2) is 0 Å². The van der Waals surface area contributed by atoms with Crippen LogP contribution in [0.1, 0.15) is 13.3 Å². The van der Waals surface area contributed by atoms with Gasteiger partial charge in [0.15, 0.2) is 0 Å². The number of amides is 1. The Balaban J connectivity index is 2.00. The third-order valence-electron chi connectivity index (χ3n) is 1.96. The molecule has 2 nitrogen and oxygen atoms in total. The van der Waals surface area contributed by atoms with Crippen LogP contribution >= 0.6 is 15.9 Å². The Morgan fingerprint density at radius 2 is 2.40 bits per heavy atom. The van der Waals surface area contributed by atoms with Gasteiger partial charge < -0.3 is 5.32 Å². The molecule has 0 aromatic heterocycles. The molecule has 1 amide bonds. The first kappa shape index (κ1) is 8.05. The monoisotopic (exact) mass is 205 g/mol. The topological polar surface area (TPSA) is 29.1 Å². The molecular formula is C7H12BrNO. The van der Waals surface area contributed by atoms with Crippen LogP contribution in [0.5, 0.6) is 0 Å². The Morgan fingerprint density at radius 3 is 2.80 bits per heavy atom. The molecule has 1 rings (SSSR count). The number of alkyl halides is 1. The SMILES string of the molecule is CC1CC1CNC(=O)CBr. The maximum atomic E-state index is 10.7. The lowest BCUT2D eigenvalue weighted by Crippen LogP contribution is -2.26. The highest BCUT2D eigenvalue weighted by molar-refractivity contribution is 9.09. The minimum absolute atomic E-state index is 0.0964. The Hall–Kier alpha value is -0.0500. The molecule has 1 aliphatic rings. The number of halogens is 1. The zero-order chi connectivity index (χ0) is 7.56. The van der Waals surface area contributed by atoms with Crippen molar-refractivity contribution in [2.45, 2.75) is 13.3 Å². The lowest BCUT2D eigenvalue weighted by atomic mass is 10.3. The molecule has 1 N–H and O–H groups in total. The van der Waals surface area contributed by atoms with E-state index in [1.54, 1.807) is 0 Å². The molecule has 10 heavy (non-hydrogen) atoms. The molecule has 1 fully saturated rings. The Labute approximate surface area is 69.5 Å². The number of carbonyl (C=O) groups is 1. The number of rotatable bonds is 3. The van der Waals surface area contributed by atoms with Gasteiger partial charge in [-0.1, -0.05) is 22.9 Å². The van der Waals surface area contributed by atoms with Crippen LogP contribution in [0.15, 0.2) is 0 Å². The van der Waals surface area contributed by atoms with Crippen molar-refractivity contribution >= 4 is 21.8 Å². The summed E-state index contributed by atoms with van der Waals surface area (Å²) in [6.45, 7) is 3.08. The summed E-state index contributed by atoms with van der Waals surface area (Å²) in [7, 11) is 0. The Kier molecular flexibility index (Phi) is 2.72. The molecule has 2 unspecified atom stereocenters. The molecule has 3 heteroatoms. The van der Waals surface area contributed by atoms with Crippen molar-refractivity contribution in [2.24, 2.45) is 11.8 Å². The summed E-state index contributed by atoms with van der Waals surface area (Å²) in [4.78, 5) is 10.7. The normalized spacial score (nSPS) is 29.8. The van der Waals surface area contributed by atoms with Gasteiger partial charge in [0.05, 0.1) is 5.33 Å². The molecule has 0 aliphatic heterocycles. The van der Waals surface area contributed by atoms with Crippen molar-refractivity contribution in [1.82, 2.24) is 5.32 Å². The molecule has 1 saturated carbocycles. The molecule has 0 radical (unpaired) electrons. The summed E-state index contributed by atoms with van der Waals surface area (Å²) < 4.78 is 0. The lowest BCUT2D eigenvalue weighted by molar-refractivity contribution is -0.118. The van der Waals surface area contributed by atoms with Crippen LogP contribution < -0.4 is 5.32 Å². The van der Waals surface area contributed by atoms with E-state index in [-0.39, 0.29) is 5.91 Å². The molecule has 58 valence electrons. The van der Waals surface area contributed by atoms with Gasteiger partial charge >= 0.3 is 0 Å². The maximum Gasteiger partial charge on any atom is 0.230 e. The van der Waals surface area contributed by atoms with E-state index in [0.29, 0.717) is 5.33 Å². The predicted octanol–water partition coefficient (Wildman–Crippen LogP) is 1.15. The molecule has 0 spiro atoms. The van der Waals surface area contributed by atoms with E-state index in [2.05, 4.69) is 28.2 Å². The quantitative estimate of drug-likeness (QED) is 0.689. The van der Waals surface area contributed by atoms with Crippen molar-refractivity contribution < 1.29 is 4.79 Å². The van der Waals surface area contributed by atoms with Gasteiger partial charge in [0.25, 0.3) is 0 Å². The second kappa shape index (κ2) is 3.37. The number of hydrogen-bond donors (Lipinski definition) is 1. The summed E-state index contributed by atoms with van der Waals surface area (Å²) in [5.41, 5.74) is 0. The van der Waals surface area contributed by atoms with Gasteiger partial charge in [-0.05, 0) is 18.3 Å².